The number of aliphatic hydroxyl groups is 1. The number of aryl methyl sites for hydroxylation is 1. The van der Waals surface area contributed by atoms with Crippen molar-refractivity contribution < 1.29 is 15.0 Å². The van der Waals surface area contributed by atoms with Crippen molar-refractivity contribution in [3.63, 3.8) is 0 Å². The first-order valence-corrected chi connectivity index (χ1v) is 6.31. The zero-order chi connectivity index (χ0) is 13.2. The molecule has 0 amide bonds. The molecule has 4 nitrogen and oxygen atoms in total. The van der Waals surface area contributed by atoms with Crippen molar-refractivity contribution in [2.45, 2.75) is 19.3 Å². The highest BCUT2D eigenvalue weighted by atomic mass is 16.4. The van der Waals surface area contributed by atoms with Gasteiger partial charge in [-0.2, -0.15) is 0 Å². The van der Waals surface area contributed by atoms with Crippen molar-refractivity contribution in [1.29, 1.82) is 0 Å². The summed E-state index contributed by atoms with van der Waals surface area (Å²) in [5.74, 6) is -0.791. The third-order valence-corrected chi connectivity index (χ3v) is 2.84. The molecular formula is C14H21NO3. The van der Waals surface area contributed by atoms with Crippen LogP contribution in [0.1, 0.15) is 18.4 Å². The topological polar surface area (TPSA) is 60.8 Å². The molecule has 0 aromatic heterocycles. The fourth-order valence-corrected chi connectivity index (χ4v) is 1.88. The zero-order valence-corrected chi connectivity index (χ0v) is 10.6. The van der Waals surface area contributed by atoms with Crippen molar-refractivity contribution in [1.82, 2.24) is 4.90 Å². The van der Waals surface area contributed by atoms with E-state index in [1.165, 1.54) is 5.56 Å². The van der Waals surface area contributed by atoms with Crippen LogP contribution in [0.5, 0.6) is 0 Å². The summed E-state index contributed by atoms with van der Waals surface area (Å²) in [7, 11) is 0. The number of carboxylic acids is 1. The largest absolute Gasteiger partial charge is 0.481 e. The van der Waals surface area contributed by atoms with Crippen molar-refractivity contribution in [2.24, 2.45) is 0 Å². The molecule has 0 aliphatic carbocycles. The third-order valence-electron chi connectivity index (χ3n) is 2.84. The predicted octanol–water partition coefficient (Wildman–Crippen LogP) is 1.39. The Balaban J connectivity index is 2.26. The number of benzene rings is 1. The van der Waals surface area contributed by atoms with Gasteiger partial charge in [-0.05, 0) is 24.9 Å². The van der Waals surface area contributed by atoms with Crippen LogP contribution >= 0.6 is 0 Å². The van der Waals surface area contributed by atoms with Gasteiger partial charge in [-0.15, -0.1) is 0 Å². The third kappa shape index (κ3) is 6.37. The summed E-state index contributed by atoms with van der Waals surface area (Å²) >= 11 is 0. The monoisotopic (exact) mass is 251 g/mol. The maximum Gasteiger partial charge on any atom is 0.304 e. The van der Waals surface area contributed by atoms with Gasteiger partial charge in [-0.25, -0.2) is 0 Å². The Bertz CT molecular complexity index is 340. The molecule has 0 unspecified atom stereocenters. The Labute approximate surface area is 108 Å². The number of rotatable bonds is 9. The highest BCUT2D eigenvalue weighted by Gasteiger charge is 2.06. The van der Waals surface area contributed by atoms with Crippen molar-refractivity contribution in [3.8, 4) is 0 Å². The van der Waals surface area contributed by atoms with Gasteiger partial charge in [0.2, 0.25) is 0 Å². The maximum absolute atomic E-state index is 10.5. The summed E-state index contributed by atoms with van der Waals surface area (Å²) in [4.78, 5) is 12.5. The van der Waals surface area contributed by atoms with E-state index in [-0.39, 0.29) is 13.0 Å². The normalized spacial score (nSPS) is 10.8. The number of hydrogen-bond acceptors (Lipinski definition) is 3. The highest BCUT2D eigenvalue weighted by molar-refractivity contribution is 5.66. The number of carbonyl (C=O) groups is 1. The molecule has 0 spiro atoms. The summed E-state index contributed by atoms with van der Waals surface area (Å²) in [6.07, 6.45) is 2.09. The molecular weight excluding hydrogens is 230 g/mol. The molecule has 0 radical (unpaired) electrons. The fraction of sp³-hybridized carbons (Fsp3) is 0.500. The molecule has 0 atom stereocenters. The Hall–Kier alpha value is -1.39. The lowest BCUT2D eigenvalue weighted by atomic mass is 10.1. The van der Waals surface area contributed by atoms with E-state index in [1.807, 2.05) is 23.1 Å². The minimum Gasteiger partial charge on any atom is -0.481 e. The van der Waals surface area contributed by atoms with Crippen LogP contribution in [-0.4, -0.2) is 47.3 Å². The first-order chi connectivity index (χ1) is 8.72. The Morgan fingerprint density at radius 1 is 1.11 bits per heavy atom. The lowest BCUT2D eigenvalue weighted by Crippen LogP contribution is -2.30. The SMILES string of the molecule is O=C(O)CCN(CCO)CCCc1ccccc1. The second-order valence-electron chi connectivity index (χ2n) is 4.30. The second-order valence-corrected chi connectivity index (χ2v) is 4.30. The quantitative estimate of drug-likeness (QED) is 0.696. The molecule has 0 bridgehead atoms. The van der Waals surface area contributed by atoms with Gasteiger partial charge in [-0.1, -0.05) is 30.3 Å². The molecule has 18 heavy (non-hydrogen) atoms. The van der Waals surface area contributed by atoms with Gasteiger partial charge in [0.15, 0.2) is 0 Å². The van der Waals surface area contributed by atoms with Gasteiger partial charge < -0.3 is 15.1 Å². The molecule has 0 aliphatic heterocycles. The number of nitrogens with zero attached hydrogens (tertiary/aromatic N) is 1. The molecule has 0 saturated heterocycles. The summed E-state index contributed by atoms with van der Waals surface area (Å²) < 4.78 is 0. The Morgan fingerprint density at radius 2 is 1.83 bits per heavy atom. The van der Waals surface area contributed by atoms with Crippen molar-refractivity contribution in [3.05, 3.63) is 35.9 Å². The zero-order valence-electron chi connectivity index (χ0n) is 10.6. The van der Waals surface area contributed by atoms with Gasteiger partial charge in [0.05, 0.1) is 13.0 Å². The fourth-order valence-electron chi connectivity index (χ4n) is 1.88. The van der Waals surface area contributed by atoms with Crippen LogP contribution in [0.4, 0.5) is 0 Å². The van der Waals surface area contributed by atoms with Gasteiger partial charge >= 0.3 is 5.97 Å². The molecule has 0 heterocycles. The van der Waals surface area contributed by atoms with Gasteiger partial charge in [-0.3, -0.25) is 4.79 Å². The number of aliphatic carboxylic acids is 1. The highest BCUT2D eigenvalue weighted by Crippen LogP contribution is 2.04. The molecule has 0 fully saturated rings. The lowest BCUT2D eigenvalue weighted by molar-refractivity contribution is -0.137. The number of carboxylic acid groups (broad SMARTS) is 1. The van der Waals surface area contributed by atoms with E-state index in [0.29, 0.717) is 13.1 Å². The van der Waals surface area contributed by atoms with Crippen molar-refractivity contribution >= 4 is 5.97 Å². The van der Waals surface area contributed by atoms with Crippen LogP contribution in [-0.2, 0) is 11.2 Å². The Morgan fingerprint density at radius 3 is 2.44 bits per heavy atom. The molecule has 100 valence electrons. The molecule has 1 aromatic rings. The van der Waals surface area contributed by atoms with E-state index in [0.717, 1.165) is 19.4 Å². The average Bonchev–Trinajstić information content (AvgIpc) is 2.37. The molecule has 0 saturated carbocycles. The summed E-state index contributed by atoms with van der Waals surface area (Å²) in [6.45, 7) is 1.94. The van der Waals surface area contributed by atoms with Crippen LogP contribution in [0.3, 0.4) is 0 Å². The van der Waals surface area contributed by atoms with E-state index in [1.54, 1.807) is 0 Å². The van der Waals surface area contributed by atoms with E-state index >= 15 is 0 Å². The second kappa shape index (κ2) is 8.66. The minimum absolute atomic E-state index is 0.0744. The lowest BCUT2D eigenvalue weighted by Gasteiger charge is -2.20. The smallest absolute Gasteiger partial charge is 0.304 e. The van der Waals surface area contributed by atoms with Crippen LogP contribution in [0.25, 0.3) is 0 Å². The minimum atomic E-state index is -0.791. The number of hydrogen-bond donors (Lipinski definition) is 2. The van der Waals surface area contributed by atoms with Crippen LogP contribution in [0.2, 0.25) is 0 Å². The van der Waals surface area contributed by atoms with Crippen LogP contribution in [0, 0.1) is 0 Å². The maximum atomic E-state index is 10.5. The molecule has 2 N–H and O–H groups in total. The summed E-state index contributed by atoms with van der Waals surface area (Å²) in [5.41, 5.74) is 1.29. The van der Waals surface area contributed by atoms with Gasteiger partial charge in [0, 0.05) is 13.1 Å². The molecule has 1 aromatic carbocycles. The molecule has 0 aliphatic rings. The van der Waals surface area contributed by atoms with E-state index in [4.69, 9.17) is 10.2 Å². The number of aliphatic hydroxyl groups excluding tert-OH is 1. The standard InChI is InChI=1S/C14H21NO3/c16-12-11-15(10-8-14(17)18)9-4-7-13-5-2-1-3-6-13/h1-3,5-6,16H,4,7-12H2,(H,17,18). The molecule has 1 rings (SSSR count). The first-order valence-electron chi connectivity index (χ1n) is 6.31. The van der Waals surface area contributed by atoms with E-state index < -0.39 is 5.97 Å². The summed E-state index contributed by atoms with van der Waals surface area (Å²) in [5, 5.41) is 17.6. The van der Waals surface area contributed by atoms with Crippen LogP contribution in [0.15, 0.2) is 30.3 Å². The van der Waals surface area contributed by atoms with Gasteiger partial charge in [0.25, 0.3) is 0 Å². The van der Waals surface area contributed by atoms with E-state index in [9.17, 15) is 4.79 Å². The summed E-state index contributed by atoms with van der Waals surface area (Å²) in [6, 6.07) is 10.2. The first kappa shape index (κ1) is 14.7. The predicted molar refractivity (Wildman–Crippen MR) is 70.5 cm³/mol. The van der Waals surface area contributed by atoms with E-state index in [2.05, 4.69) is 12.1 Å². The molecule has 4 heteroatoms. The van der Waals surface area contributed by atoms with Gasteiger partial charge in [0.1, 0.15) is 0 Å². The Kier molecular flexibility index (Phi) is 7.06. The van der Waals surface area contributed by atoms with Crippen LogP contribution < -0.4 is 0 Å². The van der Waals surface area contributed by atoms with Crippen molar-refractivity contribution in [2.75, 3.05) is 26.2 Å². The average molecular weight is 251 g/mol.